The van der Waals surface area contributed by atoms with Crippen LogP contribution in [0, 0.1) is 11.3 Å². The Morgan fingerprint density at radius 2 is 2.12 bits per heavy atom. The number of rotatable bonds is 5. The summed E-state index contributed by atoms with van der Waals surface area (Å²) in [4.78, 5) is 22.3. The third-order valence-corrected chi connectivity index (χ3v) is 10.5. The van der Waals surface area contributed by atoms with Crippen LogP contribution in [0.5, 0.6) is 5.88 Å². The van der Waals surface area contributed by atoms with Gasteiger partial charge in [0.05, 0.1) is 11.3 Å². The normalized spacial score (nSPS) is 21.6. The number of thiophene rings is 1. The van der Waals surface area contributed by atoms with Crippen LogP contribution in [-0.4, -0.2) is 60.8 Å². The van der Waals surface area contributed by atoms with Crippen molar-refractivity contribution in [2.75, 3.05) is 25.9 Å². The van der Waals surface area contributed by atoms with Crippen LogP contribution in [-0.2, 0) is 18.3 Å². The molecule has 1 saturated heterocycles. The molecule has 3 aromatic heterocycles. The van der Waals surface area contributed by atoms with E-state index in [1.54, 1.807) is 30.1 Å². The van der Waals surface area contributed by atoms with Crippen LogP contribution >= 0.6 is 11.3 Å². The molecule has 3 aliphatic heterocycles. The summed E-state index contributed by atoms with van der Waals surface area (Å²) in [6, 6.07) is 6.49. The fourth-order valence-corrected chi connectivity index (χ4v) is 8.52. The predicted octanol–water partition coefficient (Wildman–Crippen LogP) is 4.76. The zero-order valence-corrected chi connectivity index (χ0v) is 24.7. The van der Waals surface area contributed by atoms with Crippen LogP contribution in [0.4, 0.5) is 5.00 Å². The van der Waals surface area contributed by atoms with Crippen LogP contribution in [0.1, 0.15) is 65.8 Å². The van der Waals surface area contributed by atoms with Gasteiger partial charge < -0.3 is 19.9 Å². The lowest BCUT2D eigenvalue weighted by Crippen LogP contribution is -2.36. The molecule has 5 aliphatic rings. The summed E-state index contributed by atoms with van der Waals surface area (Å²) in [6.07, 6.45) is 13.0. The standard InChI is InChI=1S/C31H31N9O2S/c1-39-12-4-5-19(39)16-41-24-13-23(40-17-34-15-18-8-11-35-30(18)40)36-29(37-24)26-20-6-2-9-31(27(20)38-42-26)10-3-7-22-25(31)21(14-32)28(33)43-22/h8,11,13,15,17,19H,2-7,9-10,12,16,33H2,1H3/t19-,31-/m0/s1. The molecule has 218 valence electrons. The van der Waals surface area contributed by atoms with Gasteiger partial charge in [-0.2, -0.15) is 10.2 Å². The van der Waals surface area contributed by atoms with Crippen molar-refractivity contribution in [2.24, 2.45) is 0 Å². The van der Waals surface area contributed by atoms with Gasteiger partial charge in [-0.1, -0.05) is 5.16 Å². The van der Waals surface area contributed by atoms with Crippen molar-refractivity contribution in [1.29, 1.82) is 5.26 Å². The number of hydrogen-bond acceptors (Lipinski definition) is 11. The molecule has 0 unspecified atom stereocenters. The molecule has 12 heteroatoms. The smallest absolute Gasteiger partial charge is 0.219 e. The first kappa shape index (κ1) is 26.3. The Kier molecular flexibility index (Phi) is 6.20. The maximum absolute atomic E-state index is 10.1. The molecule has 0 amide bonds. The van der Waals surface area contributed by atoms with Crippen molar-refractivity contribution in [2.45, 2.75) is 62.8 Å². The van der Waals surface area contributed by atoms with Crippen molar-refractivity contribution in [3.63, 3.8) is 0 Å². The van der Waals surface area contributed by atoms with Gasteiger partial charge in [-0.05, 0) is 76.6 Å². The van der Waals surface area contributed by atoms with E-state index in [0.717, 1.165) is 86.1 Å². The second-order valence-corrected chi connectivity index (χ2v) is 13.0. The van der Waals surface area contributed by atoms with E-state index in [-0.39, 0.29) is 0 Å². The Balaban J connectivity index is 1.25. The largest absolute Gasteiger partial charge is 0.476 e. The molecule has 1 spiro atoms. The highest BCUT2D eigenvalue weighted by Crippen LogP contribution is 2.54. The minimum absolute atomic E-state index is 0.335. The number of nitrogens with two attached hydrogens (primary N) is 1. The molecule has 1 fully saturated rings. The van der Waals surface area contributed by atoms with Crippen LogP contribution in [0.3, 0.4) is 0 Å². The summed E-state index contributed by atoms with van der Waals surface area (Å²) in [7, 11) is 2.13. The molecular formula is C31H31N9O2S. The number of fused-ring (bicyclic) bond motifs is 5. The van der Waals surface area contributed by atoms with E-state index in [1.807, 2.05) is 16.7 Å². The number of aromatic nitrogens is 6. The van der Waals surface area contributed by atoms with Crippen LogP contribution in [0.2, 0.25) is 0 Å². The molecule has 0 aromatic carbocycles. The first-order chi connectivity index (χ1) is 21.1. The highest BCUT2D eigenvalue weighted by molar-refractivity contribution is 7.16. The summed E-state index contributed by atoms with van der Waals surface area (Å²) < 4.78 is 14.3. The first-order valence-electron chi connectivity index (χ1n) is 14.9. The monoisotopic (exact) mass is 593 g/mol. The summed E-state index contributed by atoms with van der Waals surface area (Å²) in [5.41, 5.74) is 10.4. The molecule has 2 atom stereocenters. The van der Waals surface area contributed by atoms with Gasteiger partial charge in [-0.3, -0.25) is 4.57 Å². The Morgan fingerprint density at radius 3 is 2.95 bits per heavy atom. The van der Waals surface area contributed by atoms with Gasteiger partial charge in [-0.25, -0.2) is 15.0 Å². The zero-order valence-electron chi connectivity index (χ0n) is 23.9. The zero-order chi connectivity index (χ0) is 29.1. The molecule has 43 heavy (non-hydrogen) atoms. The third kappa shape index (κ3) is 4.13. The van der Waals surface area contributed by atoms with Gasteiger partial charge in [0, 0.05) is 45.9 Å². The number of nitrogens with zero attached hydrogens (tertiary/aromatic N) is 8. The second kappa shape index (κ2) is 10.1. The summed E-state index contributed by atoms with van der Waals surface area (Å²) in [5.74, 6) is 2.75. The fourth-order valence-electron chi connectivity index (χ4n) is 7.36. The quantitative estimate of drug-likeness (QED) is 0.303. The van der Waals surface area contributed by atoms with E-state index in [9.17, 15) is 5.26 Å². The molecule has 0 radical (unpaired) electrons. The van der Waals surface area contributed by atoms with E-state index >= 15 is 0 Å². The van der Waals surface area contributed by atoms with Gasteiger partial charge in [0.15, 0.2) is 0 Å². The molecule has 8 rings (SSSR count). The average molecular weight is 594 g/mol. The average Bonchev–Trinajstić information content (AvgIpc) is 3.82. The fraction of sp³-hybridized carbons (Fsp3) is 0.419. The maximum Gasteiger partial charge on any atom is 0.219 e. The molecular weight excluding hydrogens is 562 g/mol. The minimum atomic E-state index is -0.393. The van der Waals surface area contributed by atoms with Crippen molar-refractivity contribution < 1.29 is 9.26 Å². The number of likely N-dealkylation sites (tertiary alicyclic amines) is 1. The summed E-state index contributed by atoms with van der Waals surface area (Å²) >= 11 is 1.54. The Morgan fingerprint density at radius 1 is 1.23 bits per heavy atom. The maximum atomic E-state index is 10.1. The van der Waals surface area contributed by atoms with E-state index in [1.165, 1.54) is 4.88 Å². The molecule has 6 heterocycles. The highest BCUT2D eigenvalue weighted by Gasteiger charge is 2.48. The van der Waals surface area contributed by atoms with E-state index < -0.39 is 5.41 Å². The second-order valence-electron chi connectivity index (χ2n) is 11.8. The number of anilines is 1. The minimum Gasteiger partial charge on any atom is -0.476 e. The van der Waals surface area contributed by atoms with Gasteiger partial charge in [0.2, 0.25) is 17.5 Å². The summed E-state index contributed by atoms with van der Waals surface area (Å²) in [6.45, 7) is 1.60. The van der Waals surface area contributed by atoms with Crippen LogP contribution in [0.25, 0.3) is 28.8 Å². The molecule has 2 N–H and O–H groups in total. The lowest BCUT2D eigenvalue weighted by molar-refractivity contribution is 0.193. The van der Waals surface area contributed by atoms with Gasteiger partial charge in [-0.15, -0.1) is 11.3 Å². The SMILES string of the molecule is CN1CCC[C@H]1COc1cc(-n2cncc3ccnc2-3)nc(-c2onc3c2CCC[C@@]32CCCc3sc(N)c(C#N)c32)n1. The number of hydrogen-bond donors (Lipinski definition) is 1. The van der Waals surface area contributed by atoms with Crippen LogP contribution < -0.4 is 10.5 Å². The van der Waals surface area contributed by atoms with E-state index in [0.29, 0.717) is 46.5 Å². The lowest BCUT2D eigenvalue weighted by Gasteiger charge is -2.39. The van der Waals surface area contributed by atoms with Crippen molar-refractivity contribution in [1.82, 2.24) is 34.6 Å². The number of aryl methyl sites for hydroxylation is 1. The molecule has 0 bridgehead atoms. The molecule has 3 aromatic rings. The number of likely N-dealkylation sites (N-methyl/N-ethyl adjacent to an activating group) is 1. The predicted molar refractivity (Wildman–Crippen MR) is 160 cm³/mol. The van der Waals surface area contributed by atoms with Crippen molar-refractivity contribution in [3.05, 3.63) is 58.1 Å². The number of ether oxygens (including phenoxy) is 1. The van der Waals surface area contributed by atoms with Gasteiger partial charge in [0.25, 0.3) is 0 Å². The Labute approximate surface area is 252 Å². The molecule has 11 nitrogen and oxygen atoms in total. The van der Waals surface area contributed by atoms with Crippen molar-refractivity contribution >= 4 is 16.3 Å². The van der Waals surface area contributed by atoms with E-state index in [2.05, 4.69) is 28.0 Å². The van der Waals surface area contributed by atoms with Crippen molar-refractivity contribution in [3.8, 4) is 40.7 Å². The lowest BCUT2D eigenvalue weighted by atomic mass is 9.62. The highest BCUT2D eigenvalue weighted by atomic mass is 32.1. The first-order valence-corrected chi connectivity index (χ1v) is 15.7. The van der Waals surface area contributed by atoms with Gasteiger partial charge >= 0.3 is 0 Å². The van der Waals surface area contributed by atoms with Crippen LogP contribution in [0.15, 0.2) is 35.4 Å². The number of nitrogen functional groups attached to an aromatic ring is 1. The Bertz CT molecular complexity index is 1850. The topological polar surface area (TPSA) is 145 Å². The van der Waals surface area contributed by atoms with Gasteiger partial charge in [0.1, 0.15) is 35.6 Å². The summed E-state index contributed by atoms with van der Waals surface area (Å²) in [5, 5.41) is 15.4. The molecule has 0 saturated carbocycles. The third-order valence-electron chi connectivity index (χ3n) is 9.45. The number of nitriles is 1. The molecule has 2 aliphatic carbocycles. The Hall–Kier alpha value is -4.34. The van der Waals surface area contributed by atoms with E-state index in [4.69, 9.17) is 30.1 Å².